The summed E-state index contributed by atoms with van der Waals surface area (Å²) in [6, 6.07) is 0.381. The molecular formula is C12H20N2O. The van der Waals surface area contributed by atoms with Crippen LogP contribution in [0.15, 0.2) is 12.2 Å². The molecule has 2 aliphatic rings. The lowest BCUT2D eigenvalue weighted by molar-refractivity contribution is -0.135. The van der Waals surface area contributed by atoms with Crippen LogP contribution >= 0.6 is 0 Å². The molecule has 0 radical (unpaired) electrons. The summed E-state index contributed by atoms with van der Waals surface area (Å²) >= 11 is 0. The van der Waals surface area contributed by atoms with Gasteiger partial charge in [-0.05, 0) is 38.6 Å². The van der Waals surface area contributed by atoms with Crippen molar-refractivity contribution in [2.24, 2.45) is 17.6 Å². The maximum Gasteiger partial charge on any atom is 0.226 e. The first-order valence-electron chi connectivity index (χ1n) is 5.88. The van der Waals surface area contributed by atoms with E-state index in [9.17, 15) is 4.79 Å². The van der Waals surface area contributed by atoms with Crippen LogP contribution in [-0.2, 0) is 4.79 Å². The summed E-state index contributed by atoms with van der Waals surface area (Å²) in [5, 5.41) is 0. The topological polar surface area (TPSA) is 46.3 Å². The molecule has 84 valence electrons. The second-order valence-corrected chi connectivity index (χ2v) is 4.82. The van der Waals surface area contributed by atoms with Gasteiger partial charge in [0.25, 0.3) is 0 Å². The molecule has 2 atom stereocenters. The van der Waals surface area contributed by atoms with E-state index in [4.69, 9.17) is 5.73 Å². The minimum atomic E-state index is 0.212. The first-order valence-corrected chi connectivity index (χ1v) is 5.88. The summed E-state index contributed by atoms with van der Waals surface area (Å²) < 4.78 is 0. The minimum Gasteiger partial charge on any atom is -0.339 e. The highest BCUT2D eigenvalue weighted by Crippen LogP contribution is 2.27. The van der Waals surface area contributed by atoms with Gasteiger partial charge in [0, 0.05) is 18.5 Å². The zero-order chi connectivity index (χ0) is 10.8. The molecule has 15 heavy (non-hydrogen) atoms. The van der Waals surface area contributed by atoms with Crippen LogP contribution in [0.5, 0.6) is 0 Å². The fourth-order valence-electron chi connectivity index (χ4n) is 2.67. The van der Waals surface area contributed by atoms with Crippen molar-refractivity contribution in [1.29, 1.82) is 0 Å². The third-order valence-corrected chi connectivity index (χ3v) is 3.63. The summed E-state index contributed by atoms with van der Waals surface area (Å²) in [5.74, 6) is 1.06. The van der Waals surface area contributed by atoms with Gasteiger partial charge in [0.2, 0.25) is 5.91 Å². The Morgan fingerprint density at radius 3 is 2.67 bits per heavy atom. The molecule has 1 amide bonds. The molecule has 1 heterocycles. The molecule has 1 fully saturated rings. The normalized spacial score (nSPS) is 31.5. The van der Waals surface area contributed by atoms with Crippen LogP contribution in [-0.4, -0.2) is 29.9 Å². The summed E-state index contributed by atoms with van der Waals surface area (Å²) in [5.41, 5.74) is 5.66. The van der Waals surface area contributed by atoms with Crippen LogP contribution in [0, 0.1) is 11.8 Å². The van der Waals surface area contributed by atoms with E-state index in [0.717, 1.165) is 25.8 Å². The van der Waals surface area contributed by atoms with Gasteiger partial charge in [0.05, 0.1) is 0 Å². The van der Waals surface area contributed by atoms with Gasteiger partial charge < -0.3 is 10.6 Å². The van der Waals surface area contributed by atoms with Crippen molar-refractivity contribution >= 4 is 5.91 Å². The first-order chi connectivity index (χ1) is 7.22. The molecule has 3 heteroatoms. The summed E-state index contributed by atoms with van der Waals surface area (Å²) in [4.78, 5) is 14.2. The van der Waals surface area contributed by atoms with E-state index < -0.39 is 0 Å². The fraction of sp³-hybridized carbons (Fsp3) is 0.750. The molecule has 3 nitrogen and oxygen atoms in total. The lowest BCUT2D eigenvalue weighted by Gasteiger charge is -2.24. The molecule has 2 rings (SSSR count). The van der Waals surface area contributed by atoms with Gasteiger partial charge in [-0.1, -0.05) is 12.2 Å². The molecule has 0 aromatic heterocycles. The zero-order valence-electron chi connectivity index (χ0n) is 9.36. The average Bonchev–Trinajstić information content (AvgIpc) is 2.85. The molecule has 0 saturated carbocycles. The van der Waals surface area contributed by atoms with Crippen molar-refractivity contribution in [1.82, 2.24) is 4.90 Å². The van der Waals surface area contributed by atoms with E-state index in [0.29, 0.717) is 24.4 Å². The number of hydrogen-bond acceptors (Lipinski definition) is 2. The maximum atomic E-state index is 12.2. The van der Waals surface area contributed by atoms with E-state index >= 15 is 0 Å². The van der Waals surface area contributed by atoms with Crippen LogP contribution in [0.2, 0.25) is 0 Å². The summed E-state index contributed by atoms with van der Waals surface area (Å²) in [6.45, 7) is 3.71. The SMILES string of the molecule is CC1CC(CN)CN1C(=O)C1CC=CC1. The minimum absolute atomic E-state index is 0.212. The molecule has 1 aliphatic carbocycles. The second kappa shape index (κ2) is 4.35. The number of carbonyl (C=O) groups is 1. The monoisotopic (exact) mass is 208 g/mol. The Balaban J connectivity index is 1.95. The van der Waals surface area contributed by atoms with Crippen LogP contribution < -0.4 is 5.73 Å². The standard InChI is InChI=1S/C12H20N2O/c1-9-6-10(7-13)8-14(9)12(15)11-4-2-3-5-11/h2-3,9-11H,4-8,13H2,1H3. The third kappa shape index (κ3) is 2.07. The Hall–Kier alpha value is -0.830. The van der Waals surface area contributed by atoms with E-state index in [1.807, 2.05) is 4.90 Å². The highest BCUT2D eigenvalue weighted by atomic mass is 16.2. The smallest absolute Gasteiger partial charge is 0.226 e. The van der Waals surface area contributed by atoms with E-state index in [2.05, 4.69) is 19.1 Å². The third-order valence-electron chi connectivity index (χ3n) is 3.63. The van der Waals surface area contributed by atoms with Gasteiger partial charge >= 0.3 is 0 Å². The Labute approximate surface area is 91.3 Å². The highest BCUT2D eigenvalue weighted by molar-refractivity contribution is 5.80. The molecule has 0 spiro atoms. The van der Waals surface area contributed by atoms with Crippen LogP contribution in [0.3, 0.4) is 0 Å². The second-order valence-electron chi connectivity index (χ2n) is 4.82. The number of hydrogen-bond donors (Lipinski definition) is 1. The van der Waals surface area contributed by atoms with Crippen molar-refractivity contribution < 1.29 is 4.79 Å². The van der Waals surface area contributed by atoms with Gasteiger partial charge in [-0.3, -0.25) is 4.79 Å². The Kier molecular flexibility index (Phi) is 3.10. The molecular weight excluding hydrogens is 188 g/mol. The van der Waals surface area contributed by atoms with Gasteiger partial charge in [-0.15, -0.1) is 0 Å². The number of allylic oxidation sites excluding steroid dienone is 2. The molecule has 2 unspecified atom stereocenters. The molecule has 0 bridgehead atoms. The van der Waals surface area contributed by atoms with Gasteiger partial charge in [0.1, 0.15) is 0 Å². The Morgan fingerprint density at radius 1 is 1.47 bits per heavy atom. The quantitative estimate of drug-likeness (QED) is 0.692. The maximum absolute atomic E-state index is 12.2. The van der Waals surface area contributed by atoms with Gasteiger partial charge in [-0.2, -0.15) is 0 Å². The van der Waals surface area contributed by atoms with Crippen LogP contribution in [0.1, 0.15) is 26.2 Å². The Bertz CT molecular complexity index is 267. The van der Waals surface area contributed by atoms with Crippen molar-refractivity contribution in [3.8, 4) is 0 Å². The molecule has 0 aromatic rings. The van der Waals surface area contributed by atoms with Crippen molar-refractivity contribution in [2.75, 3.05) is 13.1 Å². The summed E-state index contributed by atoms with van der Waals surface area (Å²) in [7, 11) is 0. The number of nitrogens with zero attached hydrogens (tertiary/aromatic N) is 1. The van der Waals surface area contributed by atoms with E-state index in [1.54, 1.807) is 0 Å². The largest absolute Gasteiger partial charge is 0.339 e. The predicted octanol–water partition coefficient (Wildman–Crippen LogP) is 1.15. The van der Waals surface area contributed by atoms with Crippen molar-refractivity contribution in [3.05, 3.63) is 12.2 Å². The number of likely N-dealkylation sites (tertiary alicyclic amines) is 1. The predicted molar refractivity (Wildman–Crippen MR) is 60.2 cm³/mol. The molecule has 2 N–H and O–H groups in total. The van der Waals surface area contributed by atoms with Crippen LogP contribution in [0.25, 0.3) is 0 Å². The molecule has 0 aromatic carbocycles. The fourth-order valence-corrected chi connectivity index (χ4v) is 2.67. The highest BCUT2D eigenvalue weighted by Gasteiger charge is 2.34. The van der Waals surface area contributed by atoms with Gasteiger partial charge in [0.15, 0.2) is 0 Å². The van der Waals surface area contributed by atoms with Crippen molar-refractivity contribution in [3.63, 3.8) is 0 Å². The van der Waals surface area contributed by atoms with E-state index in [1.165, 1.54) is 0 Å². The number of carbonyl (C=O) groups excluding carboxylic acids is 1. The lowest BCUT2D eigenvalue weighted by atomic mass is 10.1. The summed E-state index contributed by atoms with van der Waals surface area (Å²) in [6.07, 6.45) is 7.15. The van der Waals surface area contributed by atoms with Crippen molar-refractivity contribution in [2.45, 2.75) is 32.2 Å². The number of amides is 1. The number of rotatable bonds is 2. The van der Waals surface area contributed by atoms with E-state index in [-0.39, 0.29) is 5.92 Å². The average molecular weight is 208 g/mol. The molecule has 1 saturated heterocycles. The zero-order valence-corrected chi connectivity index (χ0v) is 9.36. The van der Waals surface area contributed by atoms with Gasteiger partial charge in [-0.25, -0.2) is 0 Å². The lowest BCUT2D eigenvalue weighted by Crippen LogP contribution is -2.38. The first kappa shape index (κ1) is 10.7. The Morgan fingerprint density at radius 2 is 2.13 bits per heavy atom. The van der Waals surface area contributed by atoms with Crippen LogP contribution in [0.4, 0.5) is 0 Å². The molecule has 1 aliphatic heterocycles. The number of nitrogens with two attached hydrogens (primary N) is 1.